The third-order valence-corrected chi connectivity index (χ3v) is 6.66. The van der Waals surface area contributed by atoms with Crippen molar-refractivity contribution in [1.29, 1.82) is 0 Å². The maximum absolute atomic E-state index is 12.5. The maximum atomic E-state index is 12.5. The molecule has 27 heavy (non-hydrogen) atoms. The maximum Gasteiger partial charge on any atom is 0.252 e. The molecule has 144 valence electrons. The number of aryl methyl sites for hydroxylation is 3. The van der Waals surface area contributed by atoms with Crippen LogP contribution in [-0.2, 0) is 10.2 Å². The summed E-state index contributed by atoms with van der Waals surface area (Å²) in [6.45, 7) is 6.53. The zero-order valence-corrected chi connectivity index (χ0v) is 17.2. The highest BCUT2D eigenvalue weighted by Gasteiger charge is 2.36. The average Bonchev–Trinajstić information content (AvgIpc) is 3.29. The standard InChI is InChI=1S/C22H28N2O2S/c1-15-11-16(2)20(17(3)12-15)21(26)23-13-19(25)24-14-22(8-4-5-9-22)18-7-6-10-27-18/h6-7,10-12H,4-5,8-9,13-14H2,1-3H3,(H,23,26)(H,24,25). The molecule has 2 amide bonds. The van der Waals surface area contributed by atoms with E-state index in [9.17, 15) is 9.59 Å². The fraction of sp³-hybridized carbons (Fsp3) is 0.455. The van der Waals surface area contributed by atoms with Crippen LogP contribution in [0.3, 0.4) is 0 Å². The van der Waals surface area contributed by atoms with Crippen LogP contribution in [-0.4, -0.2) is 24.9 Å². The van der Waals surface area contributed by atoms with Crippen LogP contribution in [0.4, 0.5) is 0 Å². The fourth-order valence-electron chi connectivity index (χ4n) is 4.26. The normalized spacial score (nSPS) is 15.5. The Morgan fingerprint density at radius 3 is 2.33 bits per heavy atom. The number of rotatable bonds is 6. The predicted octanol–water partition coefficient (Wildman–Crippen LogP) is 4.03. The minimum atomic E-state index is -0.186. The van der Waals surface area contributed by atoms with E-state index in [-0.39, 0.29) is 23.8 Å². The predicted molar refractivity (Wildman–Crippen MR) is 110 cm³/mol. The summed E-state index contributed by atoms with van der Waals surface area (Å²) < 4.78 is 0. The Bertz CT molecular complexity index is 798. The first-order valence-corrected chi connectivity index (χ1v) is 10.5. The second-order valence-electron chi connectivity index (χ2n) is 7.70. The third kappa shape index (κ3) is 4.41. The Labute approximate surface area is 165 Å². The van der Waals surface area contributed by atoms with Gasteiger partial charge in [0, 0.05) is 22.4 Å². The summed E-state index contributed by atoms with van der Waals surface area (Å²) in [7, 11) is 0. The van der Waals surface area contributed by atoms with Crippen molar-refractivity contribution in [2.45, 2.75) is 51.9 Å². The van der Waals surface area contributed by atoms with Crippen molar-refractivity contribution in [1.82, 2.24) is 10.6 Å². The fourth-order valence-corrected chi connectivity index (χ4v) is 5.25. The quantitative estimate of drug-likeness (QED) is 0.790. The second-order valence-corrected chi connectivity index (χ2v) is 8.65. The Morgan fingerprint density at radius 2 is 1.74 bits per heavy atom. The molecule has 0 radical (unpaired) electrons. The molecule has 4 nitrogen and oxygen atoms in total. The minimum Gasteiger partial charge on any atom is -0.354 e. The molecular weight excluding hydrogens is 356 g/mol. The molecule has 3 rings (SSSR count). The first kappa shape index (κ1) is 19.6. The average molecular weight is 385 g/mol. The molecule has 1 fully saturated rings. The molecule has 0 spiro atoms. The van der Waals surface area contributed by atoms with Crippen LogP contribution in [0.15, 0.2) is 29.6 Å². The molecule has 1 aliphatic carbocycles. The van der Waals surface area contributed by atoms with Gasteiger partial charge in [-0.2, -0.15) is 0 Å². The van der Waals surface area contributed by atoms with Gasteiger partial charge in [0.25, 0.3) is 5.91 Å². The monoisotopic (exact) mass is 384 g/mol. The van der Waals surface area contributed by atoms with Gasteiger partial charge in [-0.05, 0) is 56.2 Å². The molecule has 0 aliphatic heterocycles. The number of hydrogen-bond donors (Lipinski definition) is 2. The summed E-state index contributed by atoms with van der Waals surface area (Å²) in [5, 5.41) is 7.93. The lowest BCUT2D eigenvalue weighted by molar-refractivity contribution is -0.120. The van der Waals surface area contributed by atoms with Gasteiger partial charge < -0.3 is 10.6 Å². The van der Waals surface area contributed by atoms with Crippen LogP contribution in [0.25, 0.3) is 0 Å². The number of hydrogen-bond acceptors (Lipinski definition) is 3. The van der Waals surface area contributed by atoms with Crippen LogP contribution in [0.1, 0.15) is 57.6 Å². The molecule has 0 atom stereocenters. The SMILES string of the molecule is Cc1cc(C)c(C(=O)NCC(=O)NCC2(c3cccs3)CCCC2)c(C)c1. The number of thiophene rings is 1. The van der Waals surface area contributed by atoms with Crippen LogP contribution in [0.5, 0.6) is 0 Å². The Hall–Kier alpha value is -2.14. The highest BCUT2D eigenvalue weighted by molar-refractivity contribution is 7.10. The highest BCUT2D eigenvalue weighted by Crippen LogP contribution is 2.42. The second kappa shape index (κ2) is 8.26. The third-order valence-electron chi connectivity index (χ3n) is 5.54. The van der Waals surface area contributed by atoms with E-state index in [1.807, 2.05) is 32.9 Å². The smallest absolute Gasteiger partial charge is 0.252 e. The Kier molecular flexibility index (Phi) is 6.00. The van der Waals surface area contributed by atoms with Crippen molar-refractivity contribution in [3.05, 3.63) is 56.8 Å². The van der Waals surface area contributed by atoms with Gasteiger partial charge in [-0.3, -0.25) is 9.59 Å². The minimum absolute atomic E-state index is 0.00606. The van der Waals surface area contributed by atoms with Gasteiger partial charge in [0.1, 0.15) is 0 Å². The Morgan fingerprint density at radius 1 is 1.07 bits per heavy atom. The van der Waals surface area contributed by atoms with Gasteiger partial charge in [-0.25, -0.2) is 0 Å². The van der Waals surface area contributed by atoms with E-state index in [0.29, 0.717) is 12.1 Å². The Balaban J connectivity index is 1.56. The molecule has 2 aromatic rings. The molecule has 1 aliphatic rings. The van der Waals surface area contributed by atoms with Crippen molar-refractivity contribution in [3.8, 4) is 0 Å². The zero-order chi connectivity index (χ0) is 19.4. The lowest BCUT2D eigenvalue weighted by Crippen LogP contribution is -2.43. The first-order valence-electron chi connectivity index (χ1n) is 9.58. The molecule has 5 heteroatoms. The van der Waals surface area contributed by atoms with Gasteiger partial charge in [0.15, 0.2) is 0 Å². The van der Waals surface area contributed by atoms with Crippen molar-refractivity contribution in [2.75, 3.05) is 13.1 Å². The van der Waals surface area contributed by atoms with E-state index in [0.717, 1.165) is 29.5 Å². The van der Waals surface area contributed by atoms with Crippen LogP contribution in [0, 0.1) is 20.8 Å². The molecule has 2 N–H and O–H groups in total. The number of benzene rings is 1. The summed E-state index contributed by atoms with van der Waals surface area (Å²) in [5.41, 5.74) is 3.74. The molecule has 1 aromatic heterocycles. The van der Waals surface area contributed by atoms with Crippen molar-refractivity contribution < 1.29 is 9.59 Å². The van der Waals surface area contributed by atoms with E-state index in [4.69, 9.17) is 0 Å². The van der Waals surface area contributed by atoms with Crippen molar-refractivity contribution in [2.24, 2.45) is 0 Å². The number of carbonyl (C=O) groups excluding carboxylic acids is 2. The van der Waals surface area contributed by atoms with E-state index in [1.54, 1.807) is 11.3 Å². The molecule has 0 bridgehead atoms. The van der Waals surface area contributed by atoms with E-state index >= 15 is 0 Å². The highest BCUT2D eigenvalue weighted by atomic mass is 32.1. The first-order chi connectivity index (χ1) is 12.9. The van der Waals surface area contributed by atoms with E-state index < -0.39 is 0 Å². The van der Waals surface area contributed by atoms with Gasteiger partial charge in [-0.1, -0.05) is 36.6 Å². The summed E-state index contributed by atoms with van der Waals surface area (Å²) in [6, 6.07) is 8.24. The van der Waals surface area contributed by atoms with Gasteiger partial charge in [-0.15, -0.1) is 11.3 Å². The van der Waals surface area contributed by atoms with E-state index in [2.05, 4.69) is 28.1 Å². The molecule has 1 aromatic carbocycles. The summed E-state index contributed by atoms with van der Waals surface area (Å²) in [4.78, 5) is 26.2. The molecule has 0 unspecified atom stereocenters. The molecule has 1 heterocycles. The van der Waals surface area contributed by atoms with Crippen LogP contribution >= 0.6 is 11.3 Å². The summed E-state index contributed by atoms with van der Waals surface area (Å²) in [6.07, 6.45) is 4.64. The van der Waals surface area contributed by atoms with Crippen molar-refractivity contribution >= 4 is 23.2 Å². The zero-order valence-electron chi connectivity index (χ0n) is 16.4. The molecular formula is C22H28N2O2S. The number of carbonyl (C=O) groups is 2. The lowest BCUT2D eigenvalue weighted by Gasteiger charge is -2.28. The largest absolute Gasteiger partial charge is 0.354 e. The van der Waals surface area contributed by atoms with Gasteiger partial charge in [0.05, 0.1) is 6.54 Å². The van der Waals surface area contributed by atoms with Gasteiger partial charge >= 0.3 is 0 Å². The van der Waals surface area contributed by atoms with Gasteiger partial charge in [0.2, 0.25) is 5.91 Å². The molecule has 0 saturated heterocycles. The van der Waals surface area contributed by atoms with Crippen molar-refractivity contribution in [3.63, 3.8) is 0 Å². The number of nitrogens with one attached hydrogen (secondary N) is 2. The van der Waals surface area contributed by atoms with Crippen LogP contribution < -0.4 is 10.6 Å². The van der Waals surface area contributed by atoms with E-state index in [1.165, 1.54) is 17.7 Å². The topological polar surface area (TPSA) is 58.2 Å². The summed E-state index contributed by atoms with van der Waals surface area (Å²) in [5.74, 6) is -0.317. The van der Waals surface area contributed by atoms with Crippen LogP contribution in [0.2, 0.25) is 0 Å². The lowest BCUT2D eigenvalue weighted by atomic mass is 9.84. The number of amides is 2. The summed E-state index contributed by atoms with van der Waals surface area (Å²) >= 11 is 1.77. The molecule has 1 saturated carbocycles.